The van der Waals surface area contributed by atoms with Crippen LogP contribution in [0.15, 0.2) is 66.9 Å². The zero-order valence-corrected chi connectivity index (χ0v) is 18.5. The van der Waals surface area contributed by atoms with E-state index in [4.69, 9.17) is 9.47 Å². The first kappa shape index (κ1) is 22.5. The fourth-order valence-electron chi connectivity index (χ4n) is 3.23. The molecule has 0 saturated heterocycles. The first-order chi connectivity index (χ1) is 15.2. The molecule has 2 aromatic carbocycles. The van der Waals surface area contributed by atoms with Gasteiger partial charge in [0, 0.05) is 5.56 Å². The molecule has 0 aliphatic heterocycles. The molecule has 4 nitrogen and oxygen atoms in total. The normalized spacial score (nSPS) is 10.6. The molecule has 0 amide bonds. The van der Waals surface area contributed by atoms with E-state index in [9.17, 15) is 4.79 Å². The van der Waals surface area contributed by atoms with E-state index in [1.807, 2.05) is 48.5 Å². The molecule has 0 unspecified atom stereocenters. The number of carbonyl (C=O) groups is 1. The molecule has 0 saturated carbocycles. The Morgan fingerprint density at radius 2 is 1.52 bits per heavy atom. The number of nitrogens with zero attached hydrogens (tertiary/aromatic N) is 1. The lowest BCUT2D eigenvalue weighted by molar-refractivity contribution is 0.0735. The smallest absolute Gasteiger partial charge is 0.343 e. The van der Waals surface area contributed by atoms with Gasteiger partial charge in [-0.25, -0.2) is 4.79 Å². The van der Waals surface area contributed by atoms with Crippen LogP contribution in [0.5, 0.6) is 11.5 Å². The molecular formula is C27H31NO3. The first-order valence-electron chi connectivity index (χ1n) is 11.2. The van der Waals surface area contributed by atoms with Crippen LogP contribution in [-0.4, -0.2) is 17.6 Å². The van der Waals surface area contributed by atoms with E-state index in [0.717, 1.165) is 49.3 Å². The molecule has 0 bridgehead atoms. The Morgan fingerprint density at radius 3 is 2.16 bits per heavy atom. The highest BCUT2D eigenvalue weighted by Crippen LogP contribution is 2.23. The number of hydrogen-bond acceptors (Lipinski definition) is 4. The molecule has 1 heterocycles. The summed E-state index contributed by atoms with van der Waals surface area (Å²) in [4.78, 5) is 16.9. The van der Waals surface area contributed by atoms with Crippen molar-refractivity contribution in [1.82, 2.24) is 4.98 Å². The lowest BCUT2D eigenvalue weighted by atomic mass is 10.1. The van der Waals surface area contributed by atoms with Crippen molar-refractivity contribution in [3.63, 3.8) is 0 Å². The second-order valence-corrected chi connectivity index (χ2v) is 7.65. The molecule has 0 atom stereocenters. The SMILES string of the molecule is CCCCCOc1ccc(-c2ccc(OC(=O)c3ccc(CCCC)cc3)cc2)nc1. The predicted molar refractivity (Wildman–Crippen MR) is 125 cm³/mol. The monoisotopic (exact) mass is 417 g/mol. The summed E-state index contributed by atoms with van der Waals surface area (Å²) < 4.78 is 11.2. The van der Waals surface area contributed by atoms with Crippen LogP contribution in [0.1, 0.15) is 61.9 Å². The molecule has 162 valence electrons. The van der Waals surface area contributed by atoms with Crippen molar-refractivity contribution in [2.75, 3.05) is 6.61 Å². The second-order valence-electron chi connectivity index (χ2n) is 7.65. The Bertz CT molecular complexity index is 932. The van der Waals surface area contributed by atoms with Gasteiger partial charge in [0.05, 0.1) is 24.1 Å². The molecule has 0 N–H and O–H groups in total. The van der Waals surface area contributed by atoms with Crippen molar-refractivity contribution in [1.29, 1.82) is 0 Å². The van der Waals surface area contributed by atoms with E-state index in [1.54, 1.807) is 18.3 Å². The molecule has 0 aliphatic rings. The van der Waals surface area contributed by atoms with Crippen LogP contribution in [0.3, 0.4) is 0 Å². The average molecular weight is 418 g/mol. The van der Waals surface area contributed by atoms with Gasteiger partial charge in [0.15, 0.2) is 0 Å². The van der Waals surface area contributed by atoms with Crippen molar-refractivity contribution < 1.29 is 14.3 Å². The Hall–Kier alpha value is -3.14. The molecule has 3 aromatic rings. The van der Waals surface area contributed by atoms with Crippen LogP contribution in [0.4, 0.5) is 0 Å². The van der Waals surface area contributed by atoms with Gasteiger partial charge in [-0.3, -0.25) is 4.98 Å². The fraction of sp³-hybridized carbons (Fsp3) is 0.333. The van der Waals surface area contributed by atoms with Gasteiger partial charge >= 0.3 is 5.97 Å². The third-order valence-electron chi connectivity index (χ3n) is 5.12. The van der Waals surface area contributed by atoms with Gasteiger partial charge in [0.1, 0.15) is 11.5 Å². The number of esters is 1. The number of ether oxygens (including phenoxy) is 2. The lowest BCUT2D eigenvalue weighted by Crippen LogP contribution is -2.08. The van der Waals surface area contributed by atoms with Crippen molar-refractivity contribution in [3.05, 3.63) is 78.0 Å². The first-order valence-corrected chi connectivity index (χ1v) is 11.2. The number of carbonyl (C=O) groups excluding carboxylic acids is 1. The summed E-state index contributed by atoms with van der Waals surface area (Å²) in [5, 5.41) is 0. The molecule has 0 radical (unpaired) electrons. The maximum absolute atomic E-state index is 12.4. The molecule has 0 aliphatic carbocycles. The van der Waals surface area contributed by atoms with Crippen LogP contribution in [-0.2, 0) is 6.42 Å². The van der Waals surface area contributed by atoms with E-state index in [2.05, 4.69) is 18.8 Å². The van der Waals surface area contributed by atoms with E-state index in [-0.39, 0.29) is 5.97 Å². The zero-order chi connectivity index (χ0) is 21.9. The Labute approximate surface area is 185 Å². The van der Waals surface area contributed by atoms with Gasteiger partial charge in [0.25, 0.3) is 0 Å². The number of aromatic nitrogens is 1. The summed E-state index contributed by atoms with van der Waals surface area (Å²) in [7, 11) is 0. The van der Waals surface area contributed by atoms with Crippen LogP contribution in [0.2, 0.25) is 0 Å². The minimum absolute atomic E-state index is 0.350. The van der Waals surface area contributed by atoms with Crippen molar-refractivity contribution in [3.8, 4) is 22.8 Å². The highest BCUT2D eigenvalue weighted by molar-refractivity contribution is 5.91. The molecule has 31 heavy (non-hydrogen) atoms. The van der Waals surface area contributed by atoms with Crippen molar-refractivity contribution in [2.45, 2.75) is 52.4 Å². The lowest BCUT2D eigenvalue weighted by Gasteiger charge is -2.08. The second kappa shape index (κ2) is 11.9. The fourth-order valence-corrected chi connectivity index (χ4v) is 3.23. The highest BCUT2D eigenvalue weighted by Gasteiger charge is 2.09. The number of aryl methyl sites for hydroxylation is 1. The number of rotatable bonds is 11. The summed E-state index contributed by atoms with van der Waals surface area (Å²) >= 11 is 0. The van der Waals surface area contributed by atoms with E-state index >= 15 is 0 Å². The van der Waals surface area contributed by atoms with E-state index in [1.165, 1.54) is 18.4 Å². The summed E-state index contributed by atoms with van der Waals surface area (Å²) in [6.45, 7) is 5.07. The summed E-state index contributed by atoms with van der Waals surface area (Å²) in [5.74, 6) is 0.947. The van der Waals surface area contributed by atoms with Gasteiger partial charge < -0.3 is 9.47 Å². The number of unbranched alkanes of at least 4 members (excludes halogenated alkanes) is 3. The molecule has 0 spiro atoms. The van der Waals surface area contributed by atoms with Crippen LogP contribution >= 0.6 is 0 Å². The average Bonchev–Trinajstić information content (AvgIpc) is 2.82. The van der Waals surface area contributed by atoms with Gasteiger partial charge in [-0.2, -0.15) is 0 Å². The molecule has 3 rings (SSSR count). The Balaban J connectivity index is 1.55. The van der Waals surface area contributed by atoms with E-state index < -0.39 is 0 Å². The largest absolute Gasteiger partial charge is 0.492 e. The van der Waals surface area contributed by atoms with Crippen molar-refractivity contribution >= 4 is 5.97 Å². The van der Waals surface area contributed by atoms with Gasteiger partial charge in [-0.15, -0.1) is 0 Å². The summed E-state index contributed by atoms with van der Waals surface area (Å²) in [5.41, 5.74) is 3.60. The molecular weight excluding hydrogens is 386 g/mol. The standard InChI is InChI=1S/C27H31NO3/c1-3-5-7-19-30-25-17-18-26(28-20-25)22-13-15-24(16-14-22)31-27(29)23-11-9-21(10-12-23)8-6-4-2/h9-18,20H,3-8,19H2,1-2H3. The highest BCUT2D eigenvalue weighted by atomic mass is 16.5. The van der Waals surface area contributed by atoms with Gasteiger partial charge in [-0.1, -0.05) is 45.2 Å². The summed E-state index contributed by atoms with van der Waals surface area (Å²) in [6.07, 6.45) is 8.50. The van der Waals surface area contributed by atoms with Crippen molar-refractivity contribution in [2.24, 2.45) is 0 Å². The molecule has 1 aromatic heterocycles. The zero-order valence-electron chi connectivity index (χ0n) is 18.5. The maximum Gasteiger partial charge on any atom is 0.343 e. The minimum atomic E-state index is -0.350. The quantitative estimate of drug-likeness (QED) is 0.194. The number of benzene rings is 2. The molecule has 4 heteroatoms. The van der Waals surface area contributed by atoms with E-state index in [0.29, 0.717) is 11.3 Å². The third kappa shape index (κ3) is 6.95. The maximum atomic E-state index is 12.4. The minimum Gasteiger partial charge on any atom is -0.492 e. The number of hydrogen-bond donors (Lipinski definition) is 0. The van der Waals surface area contributed by atoms with Gasteiger partial charge in [0.2, 0.25) is 0 Å². The van der Waals surface area contributed by atoms with Crippen LogP contribution in [0.25, 0.3) is 11.3 Å². The Kier molecular flexibility index (Phi) is 8.65. The van der Waals surface area contributed by atoms with Crippen LogP contribution < -0.4 is 9.47 Å². The topological polar surface area (TPSA) is 48.4 Å². The van der Waals surface area contributed by atoms with Crippen LogP contribution in [0, 0.1) is 0 Å². The third-order valence-corrected chi connectivity index (χ3v) is 5.12. The predicted octanol–water partition coefficient (Wildman–Crippen LogP) is 6.88. The van der Waals surface area contributed by atoms with Gasteiger partial charge in [-0.05, 0) is 73.4 Å². The summed E-state index contributed by atoms with van der Waals surface area (Å²) in [6, 6.07) is 18.9. The number of pyridine rings is 1. The molecule has 0 fully saturated rings. The Morgan fingerprint density at radius 1 is 0.806 bits per heavy atom.